The molecule has 0 atom stereocenters. The Morgan fingerprint density at radius 3 is 2.10 bits per heavy atom. The molecular formula is C15H27NO3S. The first kappa shape index (κ1) is 19.1. The summed E-state index contributed by atoms with van der Waals surface area (Å²) < 4.78 is 9.18. The van der Waals surface area contributed by atoms with Gasteiger partial charge in [-0.25, -0.2) is 4.79 Å². The van der Waals surface area contributed by atoms with E-state index >= 15 is 0 Å². The van der Waals surface area contributed by atoms with Gasteiger partial charge in [0.1, 0.15) is 6.07 Å². The smallest absolute Gasteiger partial charge is 0.418 e. The maximum atomic E-state index is 10.9. The lowest BCUT2D eigenvalue weighted by Crippen LogP contribution is -2.03. The zero-order valence-corrected chi connectivity index (χ0v) is 13.4. The summed E-state index contributed by atoms with van der Waals surface area (Å²) in [5.74, 6) is 0.790. The van der Waals surface area contributed by atoms with Gasteiger partial charge in [-0.15, -0.1) is 0 Å². The van der Waals surface area contributed by atoms with Gasteiger partial charge in [-0.3, -0.25) is 0 Å². The molecule has 116 valence electrons. The van der Waals surface area contributed by atoms with Gasteiger partial charge in [0.15, 0.2) is 6.61 Å². The van der Waals surface area contributed by atoms with E-state index in [9.17, 15) is 4.79 Å². The lowest BCUT2D eigenvalue weighted by atomic mass is 10.1. The molecule has 0 aliphatic rings. The number of ether oxygens (including phenoxy) is 1. The molecule has 5 heteroatoms. The van der Waals surface area contributed by atoms with Crippen LogP contribution in [-0.4, -0.2) is 18.5 Å². The van der Waals surface area contributed by atoms with Crippen LogP contribution in [0.15, 0.2) is 0 Å². The highest BCUT2D eigenvalue weighted by Gasteiger charge is 2.03. The van der Waals surface area contributed by atoms with Crippen molar-refractivity contribution in [2.45, 2.75) is 71.1 Å². The monoisotopic (exact) mass is 301 g/mol. The van der Waals surface area contributed by atoms with Crippen LogP contribution in [0.25, 0.3) is 0 Å². The summed E-state index contributed by atoms with van der Waals surface area (Å²) in [4.78, 5) is 10.9. The number of unbranched alkanes of at least 4 members (excludes halogenated alkanes) is 9. The van der Waals surface area contributed by atoms with Crippen LogP contribution in [0.4, 0.5) is 4.79 Å². The number of hydrogen-bond donors (Lipinski definition) is 0. The van der Waals surface area contributed by atoms with Crippen molar-refractivity contribution >= 4 is 18.2 Å². The Bertz CT molecular complexity index is 266. The second-order valence-corrected chi connectivity index (χ2v) is 5.59. The molecule has 0 aliphatic carbocycles. The first-order valence-electron chi connectivity index (χ1n) is 7.64. The molecule has 0 aromatic rings. The minimum Gasteiger partial charge on any atom is -0.418 e. The molecule has 0 N–H and O–H groups in total. The quantitative estimate of drug-likeness (QED) is 0.265. The van der Waals surface area contributed by atoms with Crippen molar-refractivity contribution in [3.05, 3.63) is 0 Å². The summed E-state index contributed by atoms with van der Waals surface area (Å²) in [5, 5.41) is 8.20. The van der Waals surface area contributed by atoms with Crippen LogP contribution >= 0.6 is 12.0 Å². The Morgan fingerprint density at radius 2 is 1.55 bits per heavy atom. The van der Waals surface area contributed by atoms with Gasteiger partial charge in [-0.1, -0.05) is 64.7 Å². The Morgan fingerprint density at radius 1 is 1.00 bits per heavy atom. The summed E-state index contributed by atoms with van der Waals surface area (Å²) in [5.41, 5.74) is 0. The molecule has 0 rings (SSSR count). The maximum absolute atomic E-state index is 10.9. The summed E-state index contributed by atoms with van der Waals surface area (Å²) in [7, 11) is 0. The van der Waals surface area contributed by atoms with Gasteiger partial charge in [0.25, 0.3) is 0 Å². The highest BCUT2D eigenvalue weighted by atomic mass is 32.2. The zero-order valence-electron chi connectivity index (χ0n) is 12.6. The predicted octanol–water partition coefficient (Wildman–Crippen LogP) is 5.23. The average Bonchev–Trinajstić information content (AvgIpc) is 2.46. The van der Waals surface area contributed by atoms with E-state index in [-0.39, 0.29) is 6.61 Å². The molecule has 0 aromatic carbocycles. The van der Waals surface area contributed by atoms with Gasteiger partial charge >= 0.3 is 6.16 Å². The molecule has 0 spiro atoms. The van der Waals surface area contributed by atoms with Crippen molar-refractivity contribution in [2.24, 2.45) is 0 Å². The lowest BCUT2D eigenvalue weighted by molar-refractivity contribution is 0.118. The molecule has 0 radical (unpaired) electrons. The second kappa shape index (κ2) is 16.2. The van der Waals surface area contributed by atoms with Gasteiger partial charge < -0.3 is 8.92 Å². The van der Waals surface area contributed by atoms with Gasteiger partial charge in [0.2, 0.25) is 0 Å². The van der Waals surface area contributed by atoms with E-state index in [1.165, 1.54) is 57.8 Å². The SMILES string of the molecule is CCCCCCCCCCCCSOC(=O)OCC#N. The Kier molecular flexibility index (Phi) is 15.4. The summed E-state index contributed by atoms with van der Waals surface area (Å²) in [6, 6.07) is 1.71. The first-order chi connectivity index (χ1) is 9.81. The molecule has 0 saturated heterocycles. The third-order valence-electron chi connectivity index (χ3n) is 2.96. The van der Waals surface area contributed by atoms with Crippen molar-refractivity contribution in [1.29, 1.82) is 5.26 Å². The van der Waals surface area contributed by atoms with Gasteiger partial charge in [0, 0.05) is 5.75 Å². The van der Waals surface area contributed by atoms with E-state index in [1.54, 1.807) is 6.07 Å². The van der Waals surface area contributed by atoms with Crippen LogP contribution < -0.4 is 0 Å². The van der Waals surface area contributed by atoms with Gasteiger partial charge in [-0.2, -0.15) is 5.26 Å². The normalized spacial score (nSPS) is 10.0. The number of nitrogens with zero attached hydrogens (tertiary/aromatic N) is 1. The highest BCUT2D eigenvalue weighted by Crippen LogP contribution is 2.13. The Hall–Kier alpha value is -0.890. The van der Waals surface area contributed by atoms with Crippen molar-refractivity contribution in [3.8, 4) is 6.07 Å². The minimum atomic E-state index is -0.774. The predicted molar refractivity (Wildman–Crippen MR) is 82.3 cm³/mol. The van der Waals surface area contributed by atoms with Crippen molar-refractivity contribution in [2.75, 3.05) is 12.4 Å². The molecule has 0 heterocycles. The van der Waals surface area contributed by atoms with Crippen LogP contribution in [0.3, 0.4) is 0 Å². The molecule has 0 aliphatic heterocycles. The third kappa shape index (κ3) is 15.2. The van der Waals surface area contributed by atoms with E-state index in [2.05, 4.69) is 11.7 Å². The first-order valence-corrected chi connectivity index (χ1v) is 8.55. The third-order valence-corrected chi connectivity index (χ3v) is 3.67. The van der Waals surface area contributed by atoms with Gasteiger partial charge in [0.05, 0.1) is 12.0 Å². The molecule has 0 bridgehead atoms. The summed E-state index contributed by atoms with van der Waals surface area (Å²) in [6.45, 7) is 1.99. The van der Waals surface area contributed by atoms with E-state index in [0.717, 1.165) is 24.2 Å². The Labute approximate surface area is 127 Å². The molecule has 0 fully saturated rings. The minimum absolute atomic E-state index is 0.252. The van der Waals surface area contributed by atoms with Crippen LogP contribution in [0.2, 0.25) is 0 Å². The number of nitriles is 1. The van der Waals surface area contributed by atoms with E-state index in [1.807, 2.05) is 0 Å². The molecule has 0 aromatic heterocycles. The zero-order chi connectivity index (χ0) is 14.9. The second-order valence-electron chi connectivity index (χ2n) is 4.78. The fraction of sp³-hybridized carbons (Fsp3) is 0.867. The maximum Gasteiger partial charge on any atom is 0.521 e. The van der Waals surface area contributed by atoms with Crippen LogP contribution in [0.1, 0.15) is 71.1 Å². The van der Waals surface area contributed by atoms with Crippen molar-refractivity contribution < 1.29 is 13.7 Å². The molecule has 0 unspecified atom stereocenters. The van der Waals surface area contributed by atoms with E-state index in [4.69, 9.17) is 9.44 Å². The Balaban J connectivity index is 3.06. The van der Waals surface area contributed by atoms with E-state index < -0.39 is 6.16 Å². The summed E-state index contributed by atoms with van der Waals surface area (Å²) >= 11 is 1.11. The molecule has 0 amide bonds. The molecule has 20 heavy (non-hydrogen) atoms. The fourth-order valence-electron chi connectivity index (χ4n) is 1.85. The van der Waals surface area contributed by atoms with Crippen molar-refractivity contribution in [1.82, 2.24) is 0 Å². The number of rotatable bonds is 13. The fourth-order valence-corrected chi connectivity index (χ4v) is 2.40. The van der Waals surface area contributed by atoms with Crippen LogP contribution in [0.5, 0.6) is 0 Å². The molecule has 4 nitrogen and oxygen atoms in total. The van der Waals surface area contributed by atoms with E-state index in [0.29, 0.717) is 0 Å². The number of carbonyl (C=O) groups is 1. The van der Waals surface area contributed by atoms with Gasteiger partial charge in [-0.05, 0) is 6.42 Å². The number of carbonyl (C=O) groups excluding carboxylic acids is 1. The largest absolute Gasteiger partial charge is 0.521 e. The average molecular weight is 301 g/mol. The van der Waals surface area contributed by atoms with Crippen LogP contribution in [-0.2, 0) is 8.92 Å². The number of hydrogen-bond acceptors (Lipinski definition) is 5. The lowest BCUT2D eigenvalue weighted by Gasteiger charge is -2.03. The molecular weight excluding hydrogens is 274 g/mol. The van der Waals surface area contributed by atoms with Crippen molar-refractivity contribution in [3.63, 3.8) is 0 Å². The molecule has 0 saturated carbocycles. The topological polar surface area (TPSA) is 59.3 Å². The van der Waals surface area contributed by atoms with Crippen LogP contribution in [0, 0.1) is 11.3 Å². The standard InChI is InChI=1S/C15H27NO3S/c1-2-3-4-5-6-7-8-9-10-11-14-20-19-15(17)18-13-12-16/h2-11,13-14H2,1H3. The highest BCUT2D eigenvalue weighted by molar-refractivity contribution is 7.95. The summed E-state index contributed by atoms with van der Waals surface area (Å²) in [6.07, 6.45) is 12.2.